The highest BCUT2D eigenvalue weighted by molar-refractivity contribution is 7.85. The van der Waals surface area contributed by atoms with Crippen LogP contribution in [0.15, 0.2) is 108 Å². The fourth-order valence-corrected chi connectivity index (χ4v) is 4.52. The van der Waals surface area contributed by atoms with E-state index in [9.17, 15) is 27.4 Å². The lowest BCUT2D eigenvalue weighted by Gasteiger charge is -2.16. The van der Waals surface area contributed by atoms with Gasteiger partial charge in [-0.3, -0.25) is 24.8 Å². The summed E-state index contributed by atoms with van der Waals surface area (Å²) in [5.41, 5.74) is 4.15. The number of azo groups is 3. The molecule has 0 saturated carbocycles. The molecular formula is C28H22N8O6S. The van der Waals surface area contributed by atoms with Gasteiger partial charge in [-0.15, -0.1) is 5.11 Å². The highest BCUT2D eigenvalue weighted by Gasteiger charge is 2.34. The van der Waals surface area contributed by atoms with Crippen molar-refractivity contribution in [3.8, 4) is 0 Å². The molecule has 0 bridgehead atoms. The monoisotopic (exact) mass is 598 g/mol. The molecule has 43 heavy (non-hydrogen) atoms. The van der Waals surface area contributed by atoms with E-state index in [0.29, 0.717) is 22.4 Å². The maximum Gasteiger partial charge on any atom is 0.328 e. The Morgan fingerprint density at radius 2 is 1.23 bits per heavy atom. The molecule has 1 aliphatic heterocycles. The van der Waals surface area contributed by atoms with Crippen LogP contribution in [-0.4, -0.2) is 36.9 Å². The molecule has 0 atom stereocenters. The first kappa shape index (κ1) is 29.0. The summed E-state index contributed by atoms with van der Waals surface area (Å²) in [7, 11) is -4.56. The number of benzene rings is 4. The van der Waals surface area contributed by atoms with Gasteiger partial charge in [-0.05, 0) is 74.0 Å². The largest absolute Gasteiger partial charge is 0.328 e. The molecule has 5 rings (SSSR count). The smallest absolute Gasteiger partial charge is 0.282 e. The van der Waals surface area contributed by atoms with E-state index in [2.05, 4.69) is 30.7 Å². The SMILES string of the molecule is Cc1ccc(N=Nc2ccc(N=Nc3ccc(N=NC4C(=O)NC(=O)NC4=O)c4ccc(S(=O)(=O)O)cc34)cc2C)cc1. The standard InChI is InChI=1S/C28H22N8O6S/c1-15-3-5-17(6-4-15)31-33-22-10-7-18(13-16(22)2)32-34-24-12-11-23(20-9-8-19(14-21(20)24)43(40,41)42)35-36-25-26(37)29-28(39)30-27(25)38/h3-14,25H,1-2H3,(H,40,41,42)(H2,29,30,37,38,39). The molecule has 4 aromatic rings. The third kappa shape index (κ3) is 6.69. The minimum Gasteiger partial charge on any atom is -0.282 e. The molecule has 0 radical (unpaired) electrons. The van der Waals surface area contributed by atoms with Crippen molar-refractivity contribution in [2.75, 3.05) is 0 Å². The Morgan fingerprint density at radius 1 is 0.651 bits per heavy atom. The molecule has 1 saturated heterocycles. The Labute approximate surface area is 244 Å². The highest BCUT2D eigenvalue weighted by Crippen LogP contribution is 2.37. The molecule has 0 spiro atoms. The number of nitrogens with zero attached hydrogens (tertiary/aromatic N) is 6. The second kappa shape index (κ2) is 11.8. The van der Waals surface area contributed by atoms with Crippen molar-refractivity contribution in [1.29, 1.82) is 0 Å². The summed E-state index contributed by atoms with van der Waals surface area (Å²) in [4.78, 5) is 34.9. The fraction of sp³-hybridized carbons (Fsp3) is 0.107. The van der Waals surface area contributed by atoms with E-state index >= 15 is 0 Å². The summed E-state index contributed by atoms with van der Waals surface area (Å²) in [6.45, 7) is 3.83. The van der Waals surface area contributed by atoms with Gasteiger partial charge in [0.15, 0.2) is 0 Å². The highest BCUT2D eigenvalue weighted by atomic mass is 32.2. The quantitative estimate of drug-likeness (QED) is 0.125. The average molecular weight is 599 g/mol. The van der Waals surface area contributed by atoms with Gasteiger partial charge in [-0.25, -0.2) is 4.79 Å². The van der Waals surface area contributed by atoms with Crippen molar-refractivity contribution in [2.24, 2.45) is 30.7 Å². The normalized spacial score (nSPS) is 14.7. The molecular weight excluding hydrogens is 576 g/mol. The summed E-state index contributed by atoms with van der Waals surface area (Å²) < 4.78 is 33.3. The minimum atomic E-state index is -4.56. The Hall–Kier alpha value is -5.54. The molecule has 0 aromatic heterocycles. The molecule has 14 nitrogen and oxygen atoms in total. The first-order valence-electron chi connectivity index (χ1n) is 12.6. The van der Waals surface area contributed by atoms with Crippen molar-refractivity contribution in [1.82, 2.24) is 10.6 Å². The van der Waals surface area contributed by atoms with Crippen LogP contribution < -0.4 is 10.6 Å². The topological polar surface area (TPSA) is 204 Å². The predicted molar refractivity (Wildman–Crippen MR) is 154 cm³/mol. The van der Waals surface area contributed by atoms with E-state index in [-0.39, 0.29) is 16.8 Å². The zero-order chi connectivity index (χ0) is 30.7. The van der Waals surface area contributed by atoms with Crippen molar-refractivity contribution in [3.05, 3.63) is 83.9 Å². The predicted octanol–water partition coefficient (Wildman–Crippen LogP) is 6.35. The molecule has 4 amide bonds. The van der Waals surface area contributed by atoms with Crippen LogP contribution in [0.5, 0.6) is 0 Å². The number of barbiturate groups is 1. The number of carbonyl (C=O) groups is 3. The molecule has 216 valence electrons. The van der Waals surface area contributed by atoms with Crippen LogP contribution in [0.2, 0.25) is 0 Å². The summed E-state index contributed by atoms with van der Waals surface area (Å²) in [6.07, 6.45) is 0. The molecule has 0 unspecified atom stereocenters. The first-order valence-corrected chi connectivity index (χ1v) is 14.0. The number of imide groups is 2. The Bertz CT molecular complexity index is 1970. The van der Waals surface area contributed by atoms with Gasteiger partial charge in [-0.2, -0.15) is 34.0 Å². The number of carbonyl (C=O) groups excluding carboxylic acids is 3. The number of hydrogen-bond donors (Lipinski definition) is 3. The maximum absolute atomic E-state index is 12.0. The molecule has 1 aliphatic rings. The summed E-state index contributed by atoms with van der Waals surface area (Å²) in [5.74, 6) is -1.89. The van der Waals surface area contributed by atoms with E-state index in [1.807, 2.05) is 48.7 Å². The van der Waals surface area contributed by atoms with Gasteiger partial charge in [0.25, 0.3) is 21.9 Å². The summed E-state index contributed by atoms with van der Waals surface area (Å²) >= 11 is 0. The van der Waals surface area contributed by atoms with E-state index in [1.165, 1.54) is 24.3 Å². The van der Waals surface area contributed by atoms with E-state index in [0.717, 1.165) is 17.2 Å². The Morgan fingerprint density at radius 3 is 1.88 bits per heavy atom. The van der Waals surface area contributed by atoms with E-state index in [4.69, 9.17) is 0 Å². The molecule has 1 heterocycles. The van der Waals surface area contributed by atoms with Crippen LogP contribution in [0.1, 0.15) is 11.1 Å². The van der Waals surface area contributed by atoms with Gasteiger partial charge >= 0.3 is 6.03 Å². The number of nitrogens with one attached hydrogen (secondary N) is 2. The molecule has 1 fully saturated rings. The van der Waals surface area contributed by atoms with Gasteiger partial charge in [-0.1, -0.05) is 23.8 Å². The maximum atomic E-state index is 12.0. The van der Waals surface area contributed by atoms with Crippen LogP contribution in [0.25, 0.3) is 10.8 Å². The number of amides is 4. The second-order valence-electron chi connectivity index (χ2n) is 9.42. The lowest BCUT2D eigenvalue weighted by molar-refractivity contribution is -0.131. The van der Waals surface area contributed by atoms with Gasteiger partial charge in [0.05, 0.1) is 33.3 Å². The van der Waals surface area contributed by atoms with Crippen molar-refractivity contribution < 1.29 is 27.4 Å². The van der Waals surface area contributed by atoms with Crippen LogP contribution in [0.4, 0.5) is 33.2 Å². The average Bonchev–Trinajstić information content (AvgIpc) is 2.95. The number of urea groups is 1. The van der Waals surface area contributed by atoms with Gasteiger partial charge < -0.3 is 0 Å². The molecule has 0 aliphatic carbocycles. The zero-order valence-electron chi connectivity index (χ0n) is 22.6. The summed E-state index contributed by atoms with van der Waals surface area (Å²) in [5, 5.41) is 29.3. The van der Waals surface area contributed by atoms with E-state index in [1.54, 1.807) is 18.2 Å². The minimum absolute atomic E-state index is 0.160. The second-order valence-corrected chi connectivity index (χ2v) is 10.8. The van der Waals surface area contributed by atoms with Crippen LogP contribution in [-0.2, 0) is 19.7 Å². The van der Waals surface area contributed by atoms with Crippen molar-refractivity contribution in [3.63, 3.8) is 0 Å². The summed E-state index contributed by atoms with van der Waals surface area (Å²) in [6, 6.07) is 16.9. The van der Waals surface area contributed by atoms with Gasteiger partial charge in [0.1, 0.15) is 0 Å². The molecule has 15 heteroatoms. The third-order valence-electron chi connectivity index (χ3n) is 6.25. The molecule has 3 N–H and O–H groups in total. The molecule has 4 aromatic carbocycles. The van der Waals surface area contributed by atoms with Crippen LogP contribution >= 0.6 is 0 Å². The van der Waals surface area contributed by atoms with Crippen molar-refractivity contribution in [2.45, 2.75) is 24.8 Å². The lowest BCUT2D eigenvalue weighted by Crippen LogP contribution is -2.57. The Balaban J connectivity index is 1.46. The van der Waals surface area contributed by atoms with Gasteiger partial charge in [0.2, 0.25) is 6.04 Å². The first-order chi connectivity index (χ1) is 20.5. The Kier molecular flexibility index (Phi) is 7.92. The van der Waals surface area contributed by atoms with E-state index < -0.39 is 38.9 Å². The number of rotatable bonds is 7. The third-order valence-corrected chi connectivity index (χ3v) is 7.10. The fourth-order valence-electron chi connectivity index (χ4n) is 4.02. The number of fused-ring (bicyclic) bond motifs is 1. The van der Waals surface area contributed by atoms with Crippen molar-refractivity contribution >= 4 is 67.2 Å². The number of aryl methyl sites for hydroxylation is 2. The van der Waals surface area contributed by atoms with Gasteiger partial charge in [0, 0.05) is 10.8 Å². The zero-order valence-corrected chi connectivity index (χ0v) is 23.4. The van der Waals surface area contributed by atoms with Crippen LogP contribution in [0.3, 0.4) is 0 Å². The number of hydrogen-bond acceptors (Lipinski definition) is 11. The van der Waals surface area contributed by atoms with Crippen LogP contribution in [0, 0.1) is 13.8 Å². The lowest BCUT2D eigenvalue weighted by atomic mass is 10.1.